The molecule has 2 rings (SSSR count). The monoisotopic (exact) mass is 316 g/mol. The average Bonchev–Trinajstić information content (AvgIpc) is 2.49. The van der Waals surface area contributed by atoms with Gasteiger partial charge < -0.3 is 10.2 Å². The highest BCUT2D eigenvalue weighted by Gasteiger charge is 2.34. The summed E-state index contributed by atoms with van der Waals surface area (Å²) < 4.78 is 0. The van der Waals surface area contributed by atoms with Crippen molar-refractivity contribution in [2.75, 3.05) is 0 Å². The molecule has 3 heteroatoms. The largest absolute Gasteiger partial charge is 0.478 e. The normalized spacial score (nSPS) is 24.7. The Bertz CT molecular complexity index is 599. The number of carbonyl (C=O) groups is 1. The number of hydrogen-bond donors (Lipinski definition) is 2. The van der Waals surface area contributed by atoms with Gasteiger partial charge in [-0.1, -0.05) is 31.6 Å². The average molecular weight is 316 g/mol. The fraction of sp³-hybridized carbons (Fsp3) is 0.550. The van der Waals surface area contributed by atoms with Crippen molar-refractivity contribution in [1.29, 1.82) is 0 Å². The Morgan fingerprint density at radius 3 is 2.65 bits per heavy atom. The fourth-order valence-electron chi connectivity index (χ4n) is 3.62. The molecule has 126 valence electrons. The van der Waals surface area contributed by atoms with Crippen LogP contribution in [0.25, 0.3) is 0 Å². The topological polar surface area (TPSA) is 57.5 Å². The zero-order valence-electron chi connectivity index (χ0n) is 14.5. The lowest BCUT2D eigenvalue weighted by atomic mass is 9.70. The van der Waals surface area contributed by atoms with E-state index in [2.05, 4.69) is 26.8 Å². The number of aliphatic hydroxyl groups excluding tert-OH is 1. The summed E-state index contributed by atoms with van der Waals surface area (Å²) in [6.07, 6.45) is 4.68. The van der Waals surface area contributed by atoms with Crippen molar-refractivity contribution in [3.8, 4) is 0 Å². The molecule has 0 heterocycles. The summed E-state index contributed by atoms with van der Waals surface area (Å²) in [4.78, 5) is 11.3. The minimum atomic E-state index is -0.887. The van der Waals surface area contributed by atoms with Crippen LogP contribution < -0.4 is 0 Å². The number of carboxylic acids is 1. The Hall–Kier alpha value is -1.61. The molecule has 1 aromatic carbocycles. The van der Waals surface area contributed by atoms with E-state index in [1.54, 1.807) is 6.07 Å². The third kappa shape index (κ3) is 4.03. The highest BCUT2D eigenvalue weighted by molar-refractivity contribution is 5.88. The van der Waals surface area contributed by atoms with E-state index in [1.165, 1.54) is 5.57 Å². The highest BCUT2D eigenvalue weighted by atomic mass is 16.4. The molecule has 0 fully saturated rings. The summed E-state index contributed by atoms with van der Waals surface area (Å²) in [6.45, 7) is 8.44. The summed E-state index contributed by atoms with van der Waals surface area (Å²) in [5.74, 6) is -0.187. The van der Waals surface area contributed by atoms with E-state index in [9.17, 15) is 15.0 Å². The van der Waals surface area contributed by atoms with Gasteiger partial charge in [-0.2, -0.15) is 0 Å². The van der Waals surface area contributed by atoms with Crippen LogP contribution in [0, 0.1) is 5.92 Å². The van der Waals surface area contributed by atoms with Gasteiger partial charge in [-0.25, -0.2) is 4.79 Å². The molecule has 0 saturated carbocycles. The number of aliphatic hydroxyl groups is 1. The van der Waals surface area contributed by atoms with E-state index in [-0.39, 0.29) is 17.9 Å². The molecule has 0 saturated heterocycles. The van der Waals surface area contributed by atoms with Gasteiger partial charge in [0.25, 0.3) is 0 Å². The lowest BCUT2D eigenvalue weighted by molar-refractivity contribution is 0.0696. The van der Waals surface area contributed by atoms with Gasteiger partial charge in [0.2, 0.25) is 0 Å². The van der Waals surface area contributed by atoms with E-state index in [4.69, 9.17) is 0 Å². The second-order valence-electron chi connectivity index (χ2n) is 7.18. The zero-order chi connectivity index (χ0) is 17.1. The van der Waals surface area contributed by atoms with Crippen LogP contribution >= 0.6 is 0 Å². The standard InChI is InChI=1S/C20H28O3/c1-12(2)6-5-7-13(3)17-11-19(21)14(4)16-9-8-15(20(22)23)10-18(16)17/h6,8-10,13-14,17,19,21H,5,7,11H2,1-4H3,(H,22,23). The maximum atomic E-state index is 11.3. The highest BCUT2D eigenvalue weighted by Crippen LogP contribution is 2.44. The maximum Gasteiger partial charge on any atom is 0.335 e. The Balaban J connectivity index is 2.30. The van der Waals surface area contributed by atoms with Crippen LogP contribution in [0.3, 0.4) is 0 Å². The molecule has 0 radical (unpaired) electrons. The molecular formula is C20H28O3. The molecule has 23 heavy (non-hydrogen) atoms. The van der Waals surface area contributed by atoms with Crippen molar-refractivity contribution in [1.82, 2.24) is 0 Å². The SMILES string of the molecule is CC(C)=CCCC(C)C1CC(O)C(C)c2ccc(C(=O)O)cc21. The van der Waals surface area contributed by atoms with Gasteiger partial charge >= 0.3 is 5.97 Å². The first-order chi connectivity index (χ1) is 10.8. The van der Waals surface area contributed by atoms with Crippen molar-refractivity contribution >= 4 is 5.97 Å². The number of fused-ring (bicyclic) bond motifs is 1. The van der Waals surface area contributed by atoms with Crippen molar-refractivity contribution in [3.05, 3.63) is 46.5 Å². The van der Waals surface area contributed by atoms with Gasteiger partial charge in [-0.3, -0.25) is 0 Å². The Kier molecular flexibility index (Phi) is 5.64. The third-order valence-corrected chi connectivity index (χ3v) is 5.16. The second kappa shape index (κ2) is 7.31. The first-order valence-corrected chi connectivity index (χ1v) is 8.49. The van der Waals surface area contributed by atoms with Crippen LogP contribution in [0.4, 0.5) is 0 Å². The summed E-state index contributed by atoms with van der Waals surface area (Å²) in [5, 5.41) is 19.7. The number of rotatable bonds is 5. The van der Waals surface area contributed by atoms with Crippen molar-refractivity contribution < 1.29 is 15.0 Å². The summed E-state index contributed by atoms with van der Waals surface area (Å²) in [6, 6.07) is 5.37. The molecule has 2 N–H and O–H groups in total. The molecular weight excluding hydrogens is 288 g/mol. The molecule has 0 aliphatic heterocycles. The van der Waals surface area contributed by atoms with E-state index in [1.807, 2.05) is 19.1 Å². The molecule has 4 atom stereocenters. The molecule has 1 aliphatic carbocycles. The van der Waals surface area contributed by atoms with Crippen molar-refractivity contribution in [2.45, 2.75) is 64.9 Å². The number of allylic oxidation sites excluding steroid dienone is 2. The molecule has 0 aromatic heterocycles. The van der Waals surface area contributed by atoms with Crippen LogP contribution in [0.1, 0.15) is 80.3 Å². The quantitative estimate of drug-likeness (QED) is 0.773. The molecule has 1 aliphatic rings. The first-order valence-electron chi connectivity index (χ1n) is 8.49. The van der Waals surface area contributed by atoms with Gasteiger partial charge in [-0.15, -0.1) is 0 Å². The van der Waals surface area contributed by atoms with Gasteiger partial charge in [-0.05, 0) is 68.2 Å². The lowest BCUT2D eigenvalue weighted by Gasteiger charge is -2.37. The molecule has 0 bridgehead atoms. The smallest absolute Gasteiger partial charge is 0.335 e. The number of aromatic carboxylic acids is 1. The van der Waals surface area contributed by atoms with Gasteiger partial charge in [0.05, 0.1) is 11.7 Å². The molecule has 3 nitrogen and oxygen atoms in total. The predicted molar refractivity (Wildman–Crippen MR) is 93.0 cm³/mol. The van der Waals surface area contributed by atoms with Crippen LogP contribution in [0.2, 0.25) is 0 Å². The summed E-state index contributed by atoms with van der Waals surface area (Å²) >= 11 is 0. The van der Waals surface area contributed by atoms with Gasteiger partial charge in [0, 0.05) is 5.92 Å². The van der Waals surface area contributed by atoms with Crippen molar-refractivity contribution in [2.24, 2.45) is 5.92 Å². The fourth-order valence-corrected chi connectivity index (χ4v) is 3.62. The van der Waals surface area contributed by atoms with E-state index < -0.39 is 5.97 Å². The van der Waals surface area contributed by atoms with Crippen LogP contribution in [-0.4, -0.2) is 22.3 Å². The minimum Gasteiger partial charge on any atom is -0.478 e. The van der Waals surface area contributed by atoms with Crippen LogP contribution in [-0.2, 0) is 0 Å². The predicted octanol–water partition coefficient (Wildman–Crippen LogP) is 4.72. The van der Waals surface area contributed by atoms with Crippen molar-refractivity contribution in [3.63, 3.8) is 0 Å². The maximum absolute atomic E-state index is 11.3. The number of benzene rings is 1. The minimum absolute atomic E-state index is 0.0640. The molecule has 0 spiro atoms. The summed E-state index contributed by atoms with van der Waals surface area (Å²) in [5.41, 5.74) is 3.89. The van der Waals surface area contributed by atoms with E-state index in [0.29, 0.717) is 17.9 Å². The molecule has 1 aromatic rings. The van der Waals surface area contributed by atoms with Gasteiger partial charge in [0.15, 0.2) is 0 Å². The lowest BCUT2D eigenvalue weighted by Crippen LogP contribution is -2.29. The van der Waals surface area contributed by atoms with E-state index >= 15 is 0 Å². The summed E-state index contributed by atoms with van der Waals surface area (Å²) in [7, 11) is 0. The van der Waals surface area contributed by atoms with Crippen LogP contribution in [0.15, 0.2) is 29.8 Å². The van der Waals surface area contributed by atoms with Crippen LogP contribution in [0.5, 0.6) is 0 Å². The zero-order valence-corrected chi connectivity index (χ0v) is 14.5. The second-order valence-corrected chi connectivity index (χ2v) is 7.18. The Morgan fingerprint density at radius 2 is 2.04 bits per heavy atom. The Morgan fingerprint density at radius 1 is 1.35 bits per heavy atom. The molecule has 4 unspecified atom stereocenters. The van der Waals surface area contributed by atoms with Gasteiger partial charge in [0.1, 0.15) is 0 Å². The third-order valence-electron chi connectivity index (χ3n) is 5.16. The first kappa shape index (κ1) is 17.7. The Labute approximate surface area is 139 Å². The molecule has 0 amide bonds. The number of carboxylic acid groups (broad SMARTS) is 1. The van der Waals surface area contributed by atoms with E-state index in [0.717, 1.165) is 24.0 Å². The number of hydrogen-bond acceptors (Lipinski definition) is 2.